The van der Waals surface area contributed by atoms with E-state index in [1.54, 1.807) is 7.11 Å². The first-order valence-electron chi connectivity index (χ1n) is 6.43. The molecule has 1 fully saturated rings. The van der Waals surface area contributed by atoms with Gasteiger partial charge in [-0.2, -0.15) is 5.26 Å². The van der Waals surface area contributed by atoms with Gasteiger partial charge in [-0.25, -0.2) is 0 Å². The Morgan fingerprint density at radius 2 is 2.06 bits per heavy atom. The number of hydrogen-bond donors (Lipinski definition) is 1. The molecule has 0 atom stereocenters. The zero-order chi connectivity index (χ0) is 12.8. The summed E-state index contributed by atoms with van der Waals surface area (Å²) in [5.41, 5.74) is 1.18. The molecule has 0 bridgehead atoms. The van der Waals surface area contributed by atoms with E-state index in [0.717, 1.165) is 38.5 Å². The summed E-state index contributed by atoms with van der Waals surface area (Å²) in [5, 5.41) is 8.60. The van der Waals surface area contributed by atoms with Crippen molar-refractivity contribution in [1.29, 1.82) is 5.26 Å². The smallest absolute Gasteiger partial charge is 0.142 e. The Hall–Kier alpha value is -1.73. The third-order valence-electron chi connectivity index (χ3n) is 3.49. The molecule has 96 valence electrons. The number of piperazine rings is 1. The minimum Gasteiger partial charge on any atom is -0.495 e. The summed E-state index contributed by atoms with van der Waals surface area (Å²) in [7, 11) is 1.72. The van der Waals surface area contributed by atoms with Crippen molar-refractivity contribution in [2.75, 3.05) is 44.7 Å². The maximum absolute atomic E-state index is 8.60. The Bertz CT molecular complexity index is 419. The molecule has 1 aromatic rings. The van der Waals surface area contributed by atoms with Crippen molar-refractivity contribution in [3.05, 3.63) is 24.3 Å². The molecule has 0 unspecified atom stereocenters. The number of quaternary nitrogens is 1. The molecule has 4 heteroatoms. The molecule has 1 aliphatic rings. The molecule has 0 aliphatic carbocycles. The van der Waals surface area contributed by atoms with Crippen molar-refractivity contribution in [3.63, 3.8) is 0 Å². The number of nitrogens with zero attached hydrogens (tertiary/aromatic N) is 2. The molecule has 0 radical (unpaired) electrons. The Balaban J connectivity index is 1.95. The van der Waals surface area contributed by atoms with Crippen LogP contribution in [0.15, 0.2) is 24.3 Å². The fourth-order valence-corrected chi connectivity index (χ4v) is 2.44. The Kier molecular flexibility index (Phi) is 4.43. The van der Waals surface area contributed by atoms with Crippen molar-refractivity contribution in [1.82, 2.24) is 0 Å². The number of ether oxygens (including phenoxy) is 1. The maximum Gasteiger partial charge on any atom is 0.142 e. The van der Waals surface area contributed by atoms with Crippen molar-refractivity contribution in [3.8, 4) is 11.8 Å². The van der Waals surface area contributed by atoms with Gasteiger partial charge in [0.05, 0.1) is 58.0 Å². The quantitative estimate of drug-likeness (QED) is 0.831. The van der Waals surface area contributed by atoms with Crippen molar-refractivity contribution >= 4 is 5.69 Å². The average Bonchev–Trinajstić information content (AvgIpc) is 2.45. The number of nitrogens with one attached hydrogen (secondary N) is 1. The van der Waals surface area contributed by atoms with Crippen LogP contribution in [0.2, 0.25) is 0 Å². The highest BCUT2D eigenvalue weighted by Gasteiger charge is 2.21. The van der Waals surface area contributed by atoms with Crippen LogP contribution in [0.3, 0.4) is 0 Å². The van der Waals surface area contributed by atoms with E-state index in [0.29, 0.717) is 6.42 Å². The van der Waals surface area contributed by atoms with Gasteiger partial charge in [-0.15, -0.1) is 0 Å². The molecule has 1 saturated heterocycles. The van der Waals surface area contributed by atoms with E-state index in [-0.39, 0.29) is 0 Å². The predicted molar refractivity (Wildman–Crippen MR) is 71.0 cm³/mol. The largest absolute Gasteiger partial charge is 0.495 e. The molecule has 4 nitrogen and oxygen atoms in total. The van der Waals surface area contributed by atoms with Gasteiger partial charge in [0.15, 0.2) is 0 Å². The first kappa shape index (κ1) is 12.7. The second-order valence-corrected chi connectivity index (χ2v) is 4.57. The van der Waals surface area contributed by atoms with Crippen LogP contribution < -0.4 is 14.5 Å². The maximum atomic E-state index is 8.60. The first-order chi connectivity index (χ1) is 8.85. The molecule has 2 rings (SSSR count). The van der Waals surface area contributed by atoms with E-state index < -0.39 is 0 Å². The fraction of sp³-hybridized carbons (Fsp3) is 0.500. The minimum absolute atomic E-state index is 0.657. The first-order valence-corrected chi connectivity index (χ1v) is 6.43. The van der Waals surface area contributed by atoms with E-state index >= 15 is 0 Å². The summed E-state index contributed by atoms with van der Waals surface area (Å²) in [6.45, 7) is 5.22. The molecule has 0 amide bonds. The van der Waals surface area contributed by atoms with E-state index in [9.17, 15) is 0 Å². The molecule has 1 N–H and O–H groups in total. The summed E-state index contributed by atoms with van der Waals surface area (Å²) in [5.74, 6) is 0.943. The fourth-order valence-electron chi connectivity index (χ4n) is 2.44. The van der Waals surface area contributed by atoms with Gasteiger partial charge in [0.2, 0.25) is 0 Å². The summed E-state index contributed by atoms with van der Waals surface area (Å²) in [6, 6.07) is 10.4. The minimum atomic E-state index is 0.657. The zero-order valence-electron chi connectivity index (χ0n) is 10.9. The number of nitriles is 1. The number of benzene rings is 1. The summed E-state index contributed by atoms with van der Waals surface area (Å²) in [6.07, 6.45) is 0.657. The zero-order valence-corrected chi connectivity index (χ0v) is 10.9. The molecule has 0 saturated carbocycles. The normalized spacial score (nSPS) is 16.3. The number of methoxy groups -OCH3 is 1. The van der Waals surface area contributed by atoms with Crippen LogP contribution in [-0.2, 0) is 0 Å². The molecule has 1 aliphatic heterocycles. The highest BCUT2D eigenvalue weighted by molar-refractivity contribution is 5.58. The molecule has 0 spiro atoms. The van der Waals surface area contributed by atoms with Crippen molar-refractivity contribution < 1.29 is 9.64 Å². The molecular weight excluding hydrogens is 226 g/mol. The van der Waals surface area contributed by atoms with Crippen LogP contribution in [0.25, 0.3) is 0 Å². The van der Waals surface area contributed by atoms with Gasteiger partial charge < -0.3 is 14.5 Å². The molecule has 1 heterocycles. The third kappa shape index (κ3) is 2.93. The van der Waals surface area contributed by atoms with E-state index in [1.807, 2.05) is 18.2 Å². The monoisotopic (exact) mass is 246 g/mol. The van der Waals surface area contributed by atoms with Crippen molar-refractivity contribution in [2.24, 2.45) is 0 Å². The van der Waals surface area contributed by atoms with E-state index in [1.165, 1.54) is 10.6 Å². The summed E-state index contributed by atoms with van der Waals surface area (Å²) < 4.78 is 5.40. The highest BCUT2D eigenvalue weighted by Crippen LogP contribution is 2.27. The lowest BCUT2D eigenvalue weighted by Crippen LogP contribution is -3.14. The third-order valence-corrected chi connectivity index (χ3v) is 3.49. The van der Waals surface area contributed by atoms with Crippen LogP contribution in [0.4, 0.5) is 5.69 Å². The van der Waals surface area contributed by atoms with Crippen LogP contribution in [-0.4, -0.2) is 39.8 Å². The second kappa shape index (κ2) is 6.27. The van der Waals surface area contributed by atoms with Gasteiger partial charge in [0, 0.05) is 0 Å². The Labute approximate surface area is 108 Å². The Morgan fingerprint density at radius 1 is 1.33 bits per heavy atom. The van der Waals surface area contributed by atoms with Crippen molar-refractivity contribution in [2.45, 2.75) is 6.42 Å². The van der Waals surface area contributed by atoms with Gasteiger partial charge in [-0.1, -0.05) is 12.1 Å². The molecular formula is C14H20N3O+. The molecule has 18 heavy (non-hydrogen) atoms. The van der Waals surface area contributed by atoms with Crippen LogP contribution in [0, 0.1) is 11.3 Å². The van der Waals surface area contributed by atoms with Gasteiger partial charge in [-0.05, 0) is 12.1 Å². The van der Waals surface area contributed by atoms with Crippen LogP contribution in [0.5, 0.6) is 5.75 Å². The van der Waals surface area contributed by atoms with E-state index in [2.05, 4.69) is 17.0 Å². The molecule has 0 aromatic heterocycles. The highest BCUT2D eigenvalue weighted by atomic mass is 16.5. The van der Waals surface area contributed by atoms with Crippen LogP contribution >= 0.6 is 0 Å². The molecule has 1 aromatic carbocycles. The van der Waals surface area contributed by atoms with Gasteiger partial charge >= 0.3 is 0 Å². The lowest BCUT2D eigenvalue weighted by atomic mass is 10.2. The van der Waals surface area contributed by atoms with Gasteiger partial charge in [0.1, 0.15) is 5.75 Å². The average molecular weight is 246 g/mol. The second-order valence-electron chi connectivity index (χ2n) is 4.57. The number of anilines is 1. The predicted octanol–water partition coefficient (Wildman–Crippen LogP) is 0.314. The summed E-state index contributed by atoms with van der Waals surface area (Å²) in [4.78, 5) is 3.90. The Morgan fingerprint density at radius 3 is 2.72 bits per heavy atom. The lowest BCUT2D eigenvalue weighted by molar-refractivity contribution is -0.900. The SMILES string of the molecule is COc1ccccc1N1CC[NH+](CCC#N)CC1. The number of para-hydroxylation sites is 2. The number of hydrogen-bond acceptors (Lipinski definition) is 3. The number of rotatable bonds is 4. The standard InChI is InChI=1S/C14H19N3O/c1-18-14-6-3-2-5-13(14)17-11-9-16(10-12-17)8-4-7-15/h2-3,5-6H,4,8-12H2,1H3/p+1. The van der Waals surface area contributed by atoms with E-state index in [4.69, 9.17) is 10.00 Å². The summed E-state index contributed by atoms with van der Waals surface area (Å²) >= 11 is 0. The topological polar surface area (TPSA) is 40.7 Å². The van der Waals surface area contributed by atoms with Gasteiger partial charge in [-0.3, -0.25) is 0 Å². The lowest BCUT2D eigenvalue weighted by Gasteiger charge is -2.34. The van der Waals surface area contributed by atoms with Gasteiger partial charge in [0.25, 0.3) is 0 Å². The van der Waals surface area contributed by atoms with Crippen LogP contribution in [0.1, 0.15) is 6.42 Å².